The van der Waals surface area contributed by atoms with Crippen LogP contribution in [-0.4, -0.2) is 41.1 Å². The van der Waals surface area contributed by atoms with Gasteiger partial charge in [0.1, 0.15) is 11.3 Å². The second-order valence-electron chi connectivity index (χ2n) is 5.90. The third kappa shape index (κ3) is 2.40. The van der Waals surface area contributed by atoms with Crippen LogP contribution in [0.2, 0.25) is 0 Å². The molecule has 1 amide bonds. The maximum Gasteiger partial charge on any atom is 0.240 e. The summed E-state index contributed by atoms with van der Waals surface area (Å²) in [7, 11) is 0. The maximum absolute atomic E-state index is 12.3. The second kappa shape index (κ2) is 5.44. The quantitative estimate of drug-likeness (QED) is 0.881. The number of phenolic OH excluding ortho intramolecular Hbond substituents is 1. The molecule has 3 rings (SSSR count). The Hall–Kier alpha value is -1.55. The van der Waals surface area contributed by atoms with Gasteiger partial charge in [0.15, 0.2) is 0 Å². The van der Waals surface area contributed by atoms with Gasteiger partial charge >= 0.3 is 0 Å². The summed E-state index contributed by atoms with van der Waals surface area (Å²) in [6.07, 6.45) is 5.11. The standard InChI is InChI=1S/C16H22N2O2/c19-14-5-3-13(4-6-14)7-12-18-11-2-9-16(18)8-1-10-17-15(16)20/h3-6,19H,1-2,7-12H2,(H,17,20). The normalized spacial score (nSPS) is 26.9. The molecule has 2 fully saturated rings. The van der Waals surface area contributed by atoms with Crippen molar-refractivity contribution in [1.82, 2.24) is 10.2 Å². The summed E-state index contributed by atoms with van der Waals surface area (Å²) >= 11 is 0. The number of carbonyl (C=O) groups is 1. The molecular formula is C16H22N2O2. The number of nitrogens with zero attached hydrogens (tertiary/aromatic N) is 1. The number of carbonyl (C=O) groups excluding carboxylic acids is 1. The summed E-state index contributed by atoms with van der Waals surface area (Å²) in [6, 6.07) is 7.36. The highest BCUT2D eigenvalue weighted by Gasteiger charge is 2.47. The molecule has 1 aromatic carbocycles. The topological polar surface area (TPSA) is 52.6 Å². The number of likely N-dealkylation sites (tertiary alicyclic amines) is 1. The van der Waals surface area contributed by atoms with Gasteiger partial charge in [-0.2, -0.15) is 0 Å². The van der Waals surface area contributed by atoms with Crippen molar-refractivity contribution in [1.29, 1.82) is 0 Å². The summed E-state index contributed by atoms with van der Waals surface area (Å²) in [5.74, 6) is 0.532. The molecule has 108 valence electrons. The Labute approximate surface area is 119 Å². The Bertz CT molecular complexity index is 486. The van der Waals surface area contributed by atoms with Crippen LogP contribution in [0, 0.1) is 0 Å². The van der Waals surface area contributed by atoms with Crippen molar-refractivity contribution in [3.8, 4) is 5.75 Å². The van der Waals surface area contributed by atoms with Crippen LogP contribution < -0.4 is 5.32 Å². The lowest BCUT2D eigenvalue weighted by atomic mass is 9.86. The first-order valence-electron chi connectivity index (χ1n) is 7.52. The fraction of sp³-hybridized carbons (Fsp3) is 0.562. The van der Waals surface area contributed by atoms with Crippen LogP contribution in [-0.2, 0) is 11.2 Å². The van der Waals surface area contributed by atoms with Gasteiger partial charge in [-0.25, -0.2) is 0 Å². The van der Waals surface area contributed by atoms with Gasteiger partial charge in [-0.05, 0) is 56.3 Å². The molecule has 1 unspecified atom stereocenters. The zero-order valence-electron chi connectivity index (χ0n) is 11.8. The average molecular weight is 274 g/mol. The van der Waals surface area contributed by atoms with Crippen LogP contribution in [0.3, 0.4) is 0 Å². The lowest BCUT2D eigenvalue weighted by Crippen LogP contribution is -2.58. The van der Waals surface area contributed by atoms with Crippen LogP contribution in [0.4, 0.5) is 0 Å². The van der Waals surface area contributed by atoms with E-state index in [0.717, 1.165) is 51.7 Å². The van der Waals surface area contributed by atoms with E-state index in [0.29, 0.717) is 5.75 Å². The van der Waals surface area contributed by atoms with Crippen molar-refractivity contribution >= 4 is 5.91 Å². The minimum absolute atomic E-state index is 0.229. The molecule has 1 aromatic rings. The Kier molecular flexibility index (Phi) is 3.66. The number of hydrogen-bond acceptors (Lipinski definition) is 3. The van der Waals surface area contributed by atoms with E-state index in [2.05, 4.69) is 10.2 Å². The van der Waals surface area contributed by atoms with Gasteiger partial charge in [0.25, 0.3) is 0 Å². The van der Waals surface area contributed by atoms with E-state index in [1.54, 1.807) is 12.1 Å². The van der Waals surface area contributed by atoms with Crippen LogP contribution in [0.25, 0.3) is 0 Å². The molecule has 20 heavy (non-hydrogen) atoms. The van der Waals surface area contributed by atoms with Gasteiger partial charge in [-0.3, -0.25) is 9.69 Å². The van der Waals surface area contributed by atoms with Crippen LogP contribution >= 0.6 is 0 Å². The smallest absolute Gasteiger partial charge is 0.240 e. The van der Waals surface area contributed by atoms with Crippen LogP contribution in [0.1, 0.15) is 31.2 Å². The van der Waals surface area contributed by atoms with Gasteiger partial charge in [-0.1, -0.05) is 12.1 Å². The molecule has 0 saturated carbocycles. The fourth-order valence-corrected chi connectivity index (χ4v) is 3.59. The summed E-state index contributed by atoms with van der Waals surface area (Å²) < 4.78 is 0. The minimum Gasteiger partial charge on any atom is -0.508 e. The predicted octanol–water partition coefficient (Wildman–Crippen LogP) is 1.68. The molecule has 1 atom stereocenters. The molecule has 2 aliphatic rings. The number of amides is 1. The highest BCUT2D eigenvalue weighted by Crippen LogP contribution is 2.35. The van der Waals surface area contributed by atoms with Crippen molar-refractivity contribution in [3.05, 3.63) is 29.8 Å². The van der Waals surface area contributed by atoms with E-state index in [-0.39, 0.29) is 11.4 Å². The van der Waals surface area contributed by atoms with E-state index >= 15 is 0 Å². The minimum atomic E-state index is -0.241. The Morgan fingerprint density at radius 2 is 1.95 bits per heavy atom. The average Bonchev–Trinajstić information content (AvgIpc) is 2.86. The molecule has 1 spiro atoms. The summed E-state index contributed by atoms with van der Waals surface area (Å²) in [6.45, 7) is 2.76. The first-order chi connectivity index (χ1) is 9.71. The van der Waals surface area contributed by atoms with Gasteiger partial charge in [0.05, 0.1) is 0 Å². The zero-order valence-corrected chi connectivity index (χ0v) is 11.8. The SMILES string of the molecule is O=C1NCCCC12CCCN2CCc1ccc(O)cc1. The number of aromatic hydroxyl groups is 1. The van der Waals surface area contributed by atoms with Gasteiger partial charge in [-0.15, -0.1) is 0 Å². The number of hydrogen-bond donors (Lipinski definition) is 2. The fourth-order valence-electron chi connectivity index (χ4n) is 3.59. The molecule has 4 heteroatoms. The van der Waals surface area contributed by atoms with Crippen molar-refractivity contribution in [2.75, 3.05) is 19.6 Å². The van der Waals surface area contributed by atoms with E-state index in [4.69, 9.17) is 0 Å². The van der Waals surface area contributed by atoms with Gasteiger partial charge in [0.2, 0.25) is 5.91 Å². The third-order valence-electron chi connectivity index (χ3n) is 4.71. The number of phenols is 1. The van der Waals surface area contributed by atoms with E-state index in [9.17, 15) is 9.90 Å². The van der Waals surface area contributed by atoms with Crippen molar-refractivity contribution in [2.45, 2.75) is 37.6 Å². The first kappa shape index (κ1) is 13.4. The molecule has 2 N–H and O–H groups in total. The third-order valence-corrected chi connectivity index (χ3v) is 4.71. The molecule has 2 heterocycles. The highest BCUT2D eigenvalue weighted by atomic mass is 16.3. The van der Waals surface area contributed by atoms with Crippen molar-refractivity contribution in [3.63, 3.8) is 0 Å². The summed E-state index contributed by atoms with van der Waals surface area (Å²) in [5, 5.41) is 12.3. The van der Waals surface area contributed by atoms with Crippen molar-refractivity contribution < 1.29 is 9.90 Å². The Morgan fingerprint density at radius 1 is 1.20 bits per heavy atom. The Morgan fingerprint density at radius 3 is 2.70 bits per heavy atom. The highest BCUT2D eigenvalue weighted by molar-refractivity contribution is 5.87. The molecule has 4 nitrogen and oxygen atoms in total. The predicted molar refractivity (Wildman–Crippen MR) is 77.6 cm³/mol. The number of piperidine rings is 1. The number of benzene rings is 1. The Balaban J connectivity index is 1.67. The molecular weight excluding hydrogens is 252 g/mol. The molecule has 0 radical (unpaired) electrons. The second-order valence-corrected chi connectivity index (χ2v) is 5.90. The summed E-state index contributed by atoms with van der Waals surface area (Å²) in [4.78, 5) is 14.7. The lowest BCUT2D eigenvalue weighted by Gasteiger charge is -2.40. The molecule has 2 aliphatic heterocycles. The van der Waals surface area contributed by atoms with Crippen molar-refractivity contribution in [2.24, 2.45) is 0 Å². The van der Waals surface area contributed by atoms with E-state index in [1.165, 1.54) is 5.56 Å². The number of nitrogens with one attached hydrogen (secondary N) is 1. The van der Waals surface area contributed by atoms with Crippen LogP contribution in [0.5, 0.6) is 5.75 Å². The molecule has 0 bridgehead atoms. The first-order valence-corrected chi connectivity index (χ1v) is 7.52. The van der Waals surface area contributed by atoms with Crippen LogP contribution in [0.15, 0.2) is 24.3 Å². The molecule has 0 aliphatic carbocycles. The van der Waals surface area contributed by atoms with Gasteiger partial charge < -0.3 is 10.4 Å². The zero-order chi connectivity index (χ0) is 14.0. The maximum atomic E-state index is 12.3. The largest absolute Gasteiger partial charge is 0.508 e. The monoisotopic (exact) mass is 274 g/mol. The van der Waals surface area contributed by atoms with E-state index in [1.807, 2.05) is 12.1 Å². The van der Waals surface area contributed by atoms with E-state index < -0.39 is 0 Å². The number of rotatable bonds is 3. The molecule has 2 saturated heterocycles. The lowest BCUT2D eigenvalue weighted by molar-refractivity contribution is -0.134. The summed E-state index contributed by atoms with van der Waals surface area (Å²) in [5.41, 5.74) is 0.968. The molecule has 0 aromatic heterocycles. The van der Waals surface area contributed by atoms with Gasteiger partial charge in [0, 0.05) is 13.1 Å².